The number of hydrogen-bond donors (Lipinski definition) is 1. The molecule has 0 radical (unpaired) electrons. The fourth-order valence-electron chi connectivity index (χ4n) is 3.84. The molecule has 1 saturated heterocycles. The van der Waals surface area contributed by atoms with Gasteiger partial charge < -0.3 is 10.5 Å². The molecule has 0 bridgehead atoms. The number of pyridine rings is 1. The van der Waals surface area contributed by atoms with Crippen LogP contribution in [0.5, 0.6) is 0 Å². The number of rotatable bonds is 7. The van der Waals surface area contributed by atoms with E-state index in [4.69, 9.17) is 32.2 Å². The van der Waals surface area contributed by atoms with Gasteiger partial charge in [0.15, 0.2) is 11.6 Å². The number of halogens is 1. The minimum atomic E-state index is -0.275. The lowest BCUT2D eigenvalue weighted by molar-refractivity contribution is 0.0384. The molecule has 9 heteroatoms. The highest BCUT2D eigenvalue weighted by Crippen LogP contribution is 2.24. The van der Waals surface area contributed by atoms with Crippen molar-refractivity contribution in [1.82, 2.24) is 24.6 Å². The maximum Gasteiger partial charge on any atom is 0.200 e. The normalized spacial score (nSPS) is 15.6. The van der Waals surface area contributed by atoms with E-state index >= 15 is 0 Å². The summed E-state index contributed by atoms with van der Waals surface area (Å²) >= 11 is 6.24. The average molecular weight is 482 g/mol. The van der Waals surface area contributed by atoms with Gasteiger partial charge in [0.2, 0.25) is 0 Å². The Labute approximate surface area is 205 Å². The predicted molar refractivity (Wildman–Crippen MR) is 136 cm³/mol. The van der Waals surface area contributed by atoms with Crippen LogP contribution in [0.15, 0.2) is 47.6 Å². The van der Waals surface area contributed by atoms with Crippen molar-refractivity contribution in [3.63, 3.8) is 0 Å². The van der Waals surface area contributed by atoms with Crippen LogP contribution in [0.4, 0.5) is 0 Å². The highest BCUT2D eigenvalue weighted by molar-refractivity contribution is 6.30. The smallest absolute Gasteiger partial charge is 0.200 e. The summed E-state index contributed by atoms with van der Waals surface area (Å²) in [5, 5.41) is 5.35. The van der Waals surface area contributed by atoms with Crippen LogP contribution in [0.3, 0.4) is 0 Å². The van der Waals surface area contributed by atoms with Crippen LogP contribution < -0.4 is 5.73 Å². The summed E-state index contributed by atoms with van der Waals surface area (Å²) in [6.45, 7) is 10.9. The van der Waals surface area contributed by atoms with Gasteiger partial charge in [0.25, 0.3) is 0 Å². The first-order chi connectivity index (χ1) is 16.3. The summed E-state index contributed by atoms with van der Waals surface area (Å²) in [4.78, 5) is 16.4. The molecular weight excluding hydrogens is 450 g/mol. The van der Waals surface area contributed by atoms with Crippen molar-refractivity contribution in [3.05, 3.63) is 53.2 Å². The Bertz CT molecular complexity index is 1130. The molecule has 0 unspecified atom stereocenters. The molecule has 2 aromatic heterocycles. The van der Waals surface area contributed by atoms with Crippen LogP contribution >= 0.6 is 11.6 Å². The number of ether oxygens (including phenoxy) is 1. The Morgan fingerprint density at radius 1 is 1.18 bits per heavy atom. The Kier molecular flexibility index (Phi) is 7.60. The molecule has 1 aromatic carbocycles. The maximum absolute atomic E-state index is 6.24. The highest BCUT2D eigenvalue weighted by atomic mass is 35.5. The highest BCUT2D eigenvalue weighted by Gasteiger charge is 2.17. The average Bonchev–Trinajstić information content (AvgIpc) is 3.21. The molecule has 0 amide bonds. The third-order valence-corrected chi connectivity index (χ3v) is 5.65. The van der Waals surface area contributed by atoms with Gasteiger partial charge in [-0.2, -0.15) is 0 Å². The van der Waals surface area contributed by atoms with Gasteiger partial charge in [-0.15, -0.1) is 5.10 Å². The molecule has 4 rings (SSSR count). The van der Waals surface area contributed by atoms with Crippen LogP contribution in [0.2, 0.25) is 5.02 Å². The molecule has 0 saturated carbocycles. The SMILES string of the molecule is CC(C)(C)N=C(N)Cn1nc(-c2ccc(CCN3CCOCC3)cn2)nc1-c1cccc(Cl)c1. The maximum atomic E-state index is 6.24. The van der Waals surface area contributed by atoms with Gasteiger partial charge in [-0.1, -0.05) is 29.8 Å². The van der Waals surface area contributed by atoms with Gasteiger partial charge in [0, 0.05) is 36.4 Å². The minimum Gasteiger partial charge on any atom is -0.386 e. The van der Waals surface area contributed by atoms with E-state index in [2.05, 4.69) is 20.9 Å². The summed E-state index contributed by atoms with van der Waals surface area (Å²) in [5.74, 6) is 1.69. The Morgan fingerprint density at radius 2 is 1.97 bits per heavy atom. The van der Waals surface area contributed by atoms with Gasteiger partial charge in [0.05, 0.1) is 18.8 Å². The molecule has 3 aromatic rings. The molecule has 0 atom stereocenters. The van der Waals surface area contributed by atoms with Gasteiger partial charge in [-0.05, 0) is 51.0 Å². The largest absolute Gasteiger partial charge is 0.386 e. The fraction of sp³-hybridized carbons (Fsp3) is 0.440. The molecule has 180 valence electrons. The van der Waals surface area contributed by atoms with Crippen LogP contribution in [-0.2, 0) is 17.7 Å². The van der Waals surface area contributed by atoms with E-state index in [1.165, 1.54) is 5.56 Å². The summed E-state index contributed by atoms with van der Waals surface area (Å²) in [7, 11) is 0. The second-order valence-electron chi connectivity index (χ2n) is 9.46. The minimum absolute atomic E-state index is 0.275. The summed E-state index contributed by atoms with van der Waals surface area (Å²) in [6, 6.07) is 11.6. The third-order valence-electron chi connectivity index (χ3n) is 5.42. The van der Waals surface area contributed by atoms with E-state index in [1.54, 1.807) is 4.68 Å². The number of aromatic nitrogens is 4. The first kappa shape index (κ1) is 24.3. The van der Waals surface area contributed by atoms with E-state index in [-0.39, 0.29) is 5.54 Å². The molecule has 8 nitrogen and oxygen atoms in total. The molecule has 0 spiro atoms. The van der Waals surface area contributed by atoms with Crippen molar-refractivity contribution in [2.75, 3.05) is 32.8 Å². The first-order valence-electron chi connectivity index (χ1n) is 11.6. The lowest BCUT2D eigenvalue weighted by atomic mass is 10.1. The zero-order valence-corrected chi connectivity index (χ0v) is 20.8. The van der Waals surface area contributed by atoms with E-state index < -0.39 is 0 Å². The molecule has 0 aliphatic carbocycles. The lowest BCUT2D eigenvalue weighted by Gasteiger charge is -2.26. The van der Waals surface area contributed by atoms with Crippen molar-refractivity contribution >= 4 is 17.4 Å². The van der Waals surface area contributed by atoms with Crippen LogP contribution in [0.1, 0.15) is 26.3 Å². The summed E-state index contributed by atoms with van der Waals surface area (Å²) < 4.78 is 7.19. The van der Waals surface area contributed by atoms with Crippen molar-refractivity contribution in [2.45, 2.75) is 39.3 Å². The number of aliphatic imine (C=N–C) groups is 1. The fourth-order valence-corrected chi connectivity index (χ4v) is 4.03. The Balaban J connectivity index is 1.57. The number of amidine groups is 1. The van der Waals surface area contributed by atoms with E-state index in [0.717, 1.165) is 44.8 Å². The number of benzene rings is 1. The van der Waals surface area contributed by atoms with Crippen LogP contribution in [-0.4, -0.2) is 68.9 Å². The molecule has 2 N–H and O–H groups in total. The third kappa shape index (κ3) is 6.62. The first-order valence-corrected chi connectivity index (χ1v) is 11.9. The van der Waals surface area contributed by atoms with E-state index in [9.17, 15) is 0 Å². The van der Waals surface area contributed by atoms with Crippen LogP contribution in [0.25, 0.3) is 22.9 Å². The Hall–Kier alpha value is -2.81. The number of morpholine rings is 1. The summed E-state index contributed by atoms with van der Waals surface area (Å²) in [6.07, 6.45) is 2.85. The number of hydrogen-bond acceptors (Lipinski definition) is 6. The van der Waals surface area contributed by atoms with Crippen molar-refractivity contribution in [3.8, 4) is 22.9 Å². The zero-order chi connectivity index (χ0) is 24.1. The lowest BCUT2D eigenvalue weighted by Crippen LogP contribution is -2.37. The second-order valence-corrected chi connectivity index (χ2v) is 9.89. The molecule has 3 heterocycles. The molecular formula is C25H32ClN7O. The van der Waals surface area contributed by atoms with Gasteiger partial charge in [-0.25, -0.2) is 9.67 Å². The molecule has 1 aliphatic heterocycles. The van der Waals surface area contributed by atoms with E-state index in [0.29, 0.717) is 34.7 Å². The summed E-state index contributed by atoms with van der Waals surface area (Å²) in [5.41, 5.74) is 8.72. The van der Waals surface area contributed by atoms with Gasteiger partial charge >= 0.3 is 0 Å². The molecule has 1 aliphatic rings. The van der Waals surface area contributed by atoms with Crippen molar-refractivity contribution < 1.29 is 4.74 Å². The number of nitrogens with zero attached hydrogens (tertiary/aromatic N) is 6. The zero-order valence-electron chi connectivity index (χ0n) is 20.0. The molecule has 34 heavy (non-hydrogen) atoms. The van der Waals surface area contributed by atoms with Gasteiger partial charge in [0.1, 0.15) is 18.1 Å². The number of nitrogens with two attached hydrogens (primary N) is 1. The monoisotopic (exact) mass is 481 g/mol. The van der Waals surface area contributed by atoms with E-state index in [1.807, 2.05) is 57.3 Å². The topological polar surface area (TPSA) is 94.5 Å². The second kappa shape index (κ2) is 10.6. The standard InChI is InChI=1S/C25H32ClN7O/c1-25(2,3)30-22(27)17-33-24(19-5-4-6-20(26)15-19)29-23(31-33)21-8-7-18(16-28-21)9-10-32-11-13-34-14-12-32/h4-8,15-16H,9-14,17H2,1-3H3,(H2,27,30). The quantitative estimate of drug-likeness (QED) is 0.408. The Morgan fingerprint density at radius 3 is 2.65 bits per heavy atom. The van der Waals surface area contributed by atoms with Gasteiger partial charge in [-0.3, -0.25) is 14.9 Å². The van der Waals surface area contributed by atoms with Crippen LogP contribution in [0, 0.1) is 0 Å². The predicted octanol–water partition coefficient (Wildman–Crippen LogP) is 3.69. The van der Waals surface area contributed by atoms with Crippen molar-refractivity contribution in [2.24, 2.45) is 10.7 Å². The molecule has 1 fully saturated rings. The van der Waals surface area contributed by atoms with Crippen molar-refractivity contribution in [1.29, 1.82) is 0 Å².